The highest BCUT2D eigenvalue weighted by molar-refractivity contribution is 14.0. The topological polar surface area (TPSA) is 71.7 Å². The van der Waals surface area contributed by atoms with Crippen molar-refractivity contribution in [3.8, 4) is 0 Å². The third-order valence-electron chi connectivity index (χ3n) is 5.48. The number of guanidine groups is 1. The van der Waals surface area contributed by atoms with E-state index in [1.807, 2.05) is 6.07 Å². The Hall–Kier alpha value is -0.830. The van der Waals surface area contributed by atoms with E-state index in [-0.39, 0.29) is 24.0 Å². The molecule has 0 bridgehead atoms. The zero-order chi connectivity index (χ0) is 16.8. The second-order valence-corrected chi connectivity index (χ2v) is 6.86. The lowest BCUT2D eigenvalue weighted by Crippen LogP contribution is -2.66. The van der Waals surface area contributed by atoms with Gasteiger partial charge in [0, 0.05) is 30.7 Å². The van der Waals surface area contributed by atoms with Crippen LogP contribution in [0.25, 0.3) is 0 Å². The number of nitrogens with zero attached hydrogens (tertiary/aromatic N) is 2. The first-order valence-electron chi connectivity index (χ1n) is 9.34. The van der Waals surface area contributed by atoms with Crippen molar-refractivity contribution in [3.05, 3.63) is 18.0 Å². The number of hydrogen-bond acceptors (Lipinski definition) is 4. The lowest BCUT2D eigenvalue weighted by Gasteiger charge is -2.57. The van der Waals surface area contributed by atoms with Crippen LogP contribution < -0.4 is 10.6 Å². The Morgan fingerprint density at radius 3 is 2.80 bits per heavy atom. The van der Waals surface area contributed by atoms with Gasteiger partial charge in [-0.1, -0.05) is 24.4 Å². The number of nitrogens with one attached hydrogen (secondary N) is 2. The summed E-state index contributed by atoms with van der Waals surface area (Å²) in [5.41, 5.74) is 1.14. The van der Waals surface area contributed by atoms with Gasteiger partial charge in [0.05, 0.1) is 12.6 Å². The maximum atomic E-state index is 6.04. The van der Waals surface area contributed by atoms with Gasteiger partial charge < -0.3 is 19.9 Å². The zero-order valence-corrected chi connectivity index (χ0v) is 17.6. The van der Waals surface area contributed by atoms with E-state index in [9.17, 15) is 0 Å². The van der Waals surface area contributed by atoms with E-state index >= 15 is 0 Å². The van der Waals surface area contributed by atoms with Crippen molar-refractivity contribution in [3.63, 3.8) is 0 Å². The van der Waals surface area contributed by atoms with Crippen molar-refractivity contribution in [1.29, 1.82) is 0 Å². The summed E-state index contributed by atoms with van der Waals surface area (Å²) in [5.74, 6) is 0.866. The molecule has 0 amide bonds. The van der Waals surface area contributed by atoms with Crippen LogP contribution >= 0.6 is 24.0 Å². The minimum atomic E-state index is 0. The standard InChI is InChI=1S/C18H30N4O2.HI/c1-3-19-17(20-13-14-8-11-24-22-14)21-15-12-16(23-4-2)18(15)9-6-5-7-10-18;/h8,11,15-16H,3-7,9-10,12-13H2,1-2H3,(H2,19,20,21);1H. The highest BCUT2D eigenvalue weighted by Crippen LogP contribution is 2.53. The van der Waals surface area contributed by atoms with Crippen molar-refractivity contribution in [2.45, 2.75) is 71.1 Å². The fourth-order valence-electron chi connectivity index (χ4n) is 4.23. The molecule has 7 heteroatoms. The molecule has 3 rings (SSSR count). The summed E-state index contributed by atoms with van der Waals surface area (Å²) in [6, 6.07) is 2.30. The fraction of sp³-hybridized carbons (Fsp3) is 0.778. The molecule has 0 saturated heterocycles. The molecule has 2 N–H and O–H groups in total. The van der Waals surface area contributed by atoms with E-state index in [0.717, 1.165) is 31.2 Å². The Morgan fingerprint density at radius 1 is 1.36 bits per heavy atom. The third kappa shape index (κ3) is 4.67. The minimum absolute atomic E-state index is 0. The van der Waals surface area contributed by atoms with Crippen molar-refractivity contribution in [2.24, 2.45) is 10.4 Å². The van der Waals surface area contributed by atoms with E-state index in [1.165, 1.54) is 32.1 Å². The monoisotopic (exact) mass is 462 g/mol. The van der Waals surface area contributed by atoms with Gasteiger partial charge in [0.15, 0.2) is 5.96 Å². The number of aromatic nitrogens is 1. The molecule has 2 unspecified atom stereocenters. The molecule has 2 fully saturated rings. The summed E-state index contributed by atoms with van der Waals surface area (Å²) in [4.78, 5) is 4.66. The summed E-state index contributed by atoms with van der Waals surface area (Å²) in [6.45, 7) is 6.37. The van der Waals surface area contributed by atoms with Gasteiger partial charge in [-0.25, -0.2) is 4.99 Å². The quantitative estimate of drug-likeness (QED) is 0.385. The number of aliphatic imine (C=N–C) groups is 1. The van der Waals surface area contributed by atoms with Crippen LogP contribution in [0.5, 0.6) is 0 Å². The summed E-state index contributed by atoms with van der Waals surface area (Å²) < 4.78 is 10.9. The summed E-state index contributed by atoms with van der Waals surface area (Å²) in [5, 5.41) is 10.9. The van der Waals surface area contributed by atoms with Crippen LogP contribution in [0.2, 0.25) is 0 Å². The Labute approximate surface area is 167 Å². The summed E-state index contributed by atoms with van der Waals surface area (Å²) in [6.07, 6.45) is 9.56. The first kappa shape index (κ1) is 20.5. The van der Waals surface area contributed by atoms with E-state index < -0.39 is 0 Å². The van der Waals surface area contributed by atoms with Gasteiger partial charge in [-0.05, 0) is 33.1 Å². The van der Waals surface area contributed by atoms with Crippen LogP contribution in [-0.2, 0) is 11.3 Å². The number of halogens is 1. The summed E-state index contributed by atoms with van der Waals surface area (Å²) >= 11 is 0. The molecule has 142 valence electrons. The van der Waals surface area contributed by atoms with Gasteiger partial charge in [-0.15, -0.1) is 24.0 Å². The average Bonchev–Trinajstić information content (AvgIpc) is 3.13. The molecule has 6 nitrogen and oxygen atoms in total. The molecule has 2 saturated carbocycles. The molecule has 25 heavy (non-hydrogen) atoms. The largest absolute Gasteiger partial charge is 0.378 e. The van der Waals surface area contributed by atoms with E-state index in [4.69, 9.17) is 9.26 Å². The van der Waals surface area contributed by atoms with Crippen LogP contribution in [0.4, 0.5) is 0 Å². The molecule has 2 aliphatic rings. The maximum absolute atomic E-state index is 6.04. The minimum Gasteiger partial charge on any atom is -0.378 e. The third-order valence-corrected chi connectivity index (χ3v) is 5.48. The highest BCUT2D eigenvalue weighted by Gasteiger charge is 2.55. The SMILES string of the molecule is CCNC(=NCc1ccon1)NC1CC(OCC)C12CCCCC2.I. The average molecular weight is 462 g/mol. The van der Waals surface area contributed by atoms with Crippen molar-refractivity contribution < 1.29 is 9.26 Å². The van der Waals surface area contributed by atoms with Crippen molar-refractivity contribution in [1.82, 2.24) is 15.8 Å². The smallest absolute Gasteiger partial charge is 0.191 e. The first-order valence-corrected chi connectivity index (χ1v) is 9.34. The van der Waals surface area contributed by atoms with Crippen LogP contribution in [0.3, 0.4) is 0 Å². The van der Waals surface area contributed by atoms with E-state index in [2.05, 4.69) is 34.6 Å². The molecular formula is C18H31IN4O2. The summed E-state index contributed by atoms with van der Waals surface area (Å²) in [7, 11) is 0. The lowest BCUT2D eigenvalue weighted by molar-refractivity contribution is -0.145. The van der Waals surface area contributed by atoms with Gasteiger partial charge in [0.2, 0.25) is 0 Å². The van der Waals surface area contributed by atoms with Crippen LogP contribution in [-0.4, -0.2) is 36.4 Å². The zero-order valence-electron chi connectivity index (χ0n) is 15.3. The Morgan fingerprint density at radius 2 is 2.16 bits per heavy atom. The number of rotatable bonds is 6. The molecule has 1 heterocycles. The van der Waals surface area contributed by atoms with Gasteiger partial charge in [-0.3, -0.25) is 0 Å². The molecule has 0 radical (unpaired) electrons. The second kappa shape index (κ2) is 9.75. The van der Waals surface area contributed by atoms with Crippen LogP contribution in [0.1, 0.15) is 58.1 Å². The maximum Gasteiger partial charge on any atom is 0.191 e. The predicted octanol–water partition coefficient (Wildman–Crippen LogP) is 3.48. The predicted molar refractivity (Wildman–Crippen MR) is 109 cm³/mol. The molecule has 2 atom stereocenters. The lowest BCUT2D eigenvalue weighted by atomic mass is 9.55. The Bertz CT molecular complexity index is 529. The number of ether oxygens (including phenoxy) is 1. The van der Waals surface area contributed by atoms with Gasteiger partial charge in [-0.2, -0.15) is 0 Å². The highest BCUT2D eigenvalue weighted by atomic mass is 127. The Balaban J connectivity index is 0.00000225. The molecule has 0 aromatic carbocycles. The van der Waals surface area contributed by atoms with E-state index in [0.29, 0.717) is 24.1 Å². The van der Waals surface area contributed by atoms with E-state index in [1.54, 1.807) is 6.26 Å². The normalized spacial score (nSPS) is 25.1. The molecule has 0 aliphatic heterocycles. The van der Waals surface area contributed by atoms with Gasteiger partial charge in [0.25, 0.3) is 0 Å². The number of hydrogen-bond donors (Lipinski definition) is 2. The van der Waals surface area contributed by atoms with Crippen molar-refractivity contribution >= 4 is 29.9 Å². The van der Waals surface area contributed by atoms with Crippen molar-refractivity contribution in [2.75, 3.05) is 13.2 Å². The molecule has 1 spiro atoms. The fourth-order valence-corrected chi connectivity index (χ4v) is 4.23. The second-order valence-electron chi connectivity index (χ2n) is 6.86. The first-order chi connectivity index (χ1) is 11.8. The molecule has 2 aliphatic carbocycles. The van der Waals surface area contributed by atoms with Crippen LogP contribution in [0, 0.1) is 5.41 Å². The molecule has 1 aromatic heterocycles. The van der Waals surface area contributed by atoms with Gasteiger partial charge >= 0.3 is 0 Å². The molecule has 1 aromatic rings. The van der Waals surface area contributed by atoms with Crippen LogP contribution in [0.15, 0.2) is 21.8 Å². The van der Waals surface area contributed by atoms with Gasteiger partial charge in [0.1, 0.15) is 12.0 Å². The Kier molecular flexibility index (Phi) is 7.99. The molecular weight excluding hydrogens is 431 g/mol.